The first-order valence-corrected chi connectivity index (χ1v) is 11.8. The molecule has 4 N–H and O–H groups in total. The van der Waals surface area contributed by atoms with E-state index in [1.54, 1.807) is 0 Å². The maximum atomic E-state index is 13.8. The molecule has 0 saturated carbocycles. The molecule has 4 rings (SSSR count). The van der Waals surface area contributed by atoms with E-state index in [-0.39, 0.29) is 30.9 Å². The fourth-order valence-electron chi connectivity index (χ4n) is 4.47. The van der Waals surface area contributed by atoms with Crippen LogP contribution in [0, 0.1) is 5.82 Å². The molecule has 3 aromatic rings. The molecule has 1 aliphatic rings. The Kier molecular flexibility index (Phi) is 7.83. The average molecular weight is 502 g/mol. The molecule has 1 amide bonds. The lowest BCUT2D eigenvalue weighted by molar-refractivity contribution is -0.138. The summed E-state index contributed by atoms with van der Waals surface area (Å²) in [4.78, 5) is 19.3. The zero-order valence-electron chi connectivity index (χ0n) is 19.5. The Labute approximate surface area is 206 Å². The number of aromatic nitrogens is 2. The Morgan fingerprint density at radius 2 is 1.78 bits per heavy atom. The van der Waals surface area contributed by atoms with Crippen LogP contribution in [0.25, 0.3) is 0 Å². The van der Waals surface area contributed by atoms with E-state index < -0.39 is 23.5 Å². The minimum absolute atomic E-state index is 0.0317. The summed E-state index contributed by atoms with van der Waals surface area (Å²) < 4.78 is 54.7. The van der Waals surface area contributed by atoms with Gasteiger partial charge in [-0.1, -0.05) is 18.2 Å². The number of carbonyl (C=O) groups is 1. The Morgan fingerprint density at radius 3 is 2.44 bits per heavy atom. The van der Waals surface area contributed by atoms with Gasteiger partial charge >= 0.3 is 6.18 Å². The van der Waals surface area contributed by atoms with Gasteiger partial charge in [0.15, 0.2) is 0 Å². The molecular weight excluding hydrogens is 474 g/mol. The number of rotatable bonds is 8. The van der Waals surface area contributed by atoms with Crippen LogP contribution in [0.2, 0.25) is 0 Å². The van der Waals surface area contributed by atoms with Crippen molar-refractivity contribution in [2.24, 2.45) is 5.73 Å². The Bertz CT molecular complexity index is 1210. The summed E-state index contributed by atoms with van der Waals surface area (Å²) in [5.41, 5.74) is 6.83. The fourth-order valence-corrected chi connectivity index (χ4v) is 4.47. The van der Waals surface area contributed by atoms with Gasteiger partial charge in [0.1, 0.15) is 5.82 Å². The van der Waals surface area contributed by atoms with Crippen LogP contribution in [-0.4, -0.2) is 29.0 Å². The van der Waals surface area contributed by atoms with Gasteiger partial charge in [-0.25, -0.2) is 14.4 Å². The molecule has 190 valence electrons. The zero-order valence-corrected chi connectivity index (χ0v) is 19.5. The number of amides is 1. The van der Waals surface area contributed by atoms with Crippen molar-refractivity contribution < 1.29 is 22.4 Å². The van der Waals surface area contributed by atoms with Crippen molar-refractivity contribution in [1.29, 1.82) is 0 Å². The van der Waals surface area contributed by atoms with Gasteiger partial charge in [0.25, 0.3) is 0 Å². The van der Waals surface area contributed by atoms with Crippen molar-refractivity contribution in [3.8, 4) is 0 Å². The van der Waals surface area contributed by atoms with E-state index in [9.17, 15) is 22.4 Å². The molecule has 6 nitrogen and oxygen atoms in total. The number of aryl methyl sites for hydroxylation is 2. The summed E-state index contributed by atoms with van der Waals surface area (Å²) >= 11 is 0. The highest BCUT2D eigenvalue weighted by atomic mass is 19.4. The maximum absolute atomic E-state index is 13.8. The van der Waals surface area contributed by atoms with Crippen LogP contribution in [0.3, 0.4) is 0 Å². The van der Waals surface area contributed by atoms with Crippen molar-refractivity contribution in [3.05, 3.63) is 82.4 Å². The van der Waals surface area contributed by atoms with Crippen molar-refractivity contribution in [3.63, 3.8) is 0 Å². The lowest BCUT2D eigenvalue weighted by Crippen LogP contribution is -2.26. The van der Waals surface area contributed by atoms with E-state index >= 15 is 0 Å². The van der Waals surface area contributed by atoms with Crippen LogP contribution in [0.4, 0.5) is 29.2 Å². The summed E-state index contributed by atoms with van der Waals surface area (Å²) in [5.74, 6) is -0.647. The van der Waals surface area contributed by atoms with Crippen molar-refractivity contribution >= 4 is 17.5 Å². The van der Waals surface area contributed by atoms with Gasteiger partial charge in [-0.2, -0.15) is 13.2 Å². The molecule has 0 unspecified atom stereocenters. The largest absolute Gasteiger partial charge is 0.419 e. The average Bonchev–Trinajstić information content (AvgIpc) is 2.84. The Hall–Kier alpha value is -3.53. The summed E-state index contributed by atoms with van der Waals surface area (Å²) in [5, 5.41) is 6.31. The number of carbonyl (C=O) groups excluding carboxylic acids is 1. The lowest BCUT2D eigenvalue weighted by atomic mass is 9.90. The molecular formula is C26H27F4N5O. The molecule has 0 radical (unpaired) electrons. The molecule has 1 saturated heterocycles. The van der Waals surface area contributed by atoms with E-state index in [1.807, 2.05) is 24.3 Å². The van der Waals surface area contributed by atoms with Gasteiger partial charge in [0.2, 0.25) is 11.9 Å². The number of anilines is 2. The number of piperidine rings is 1. The Morgan fingerprint density at radius 1 is 1.06 bits per heavy atom. The normalized spacial score (nSPS) is 14.6. The fraction of sp³-hybridized carbons (Fsp3) is 0.346. The molecule has 0 atom stereocenters. The topological polar surface area (TPSA) is 92.9 Å². The highest BCUT2D eigenvalue weighted by molar-refractivity contribution is 5.77. The molecule has 0 aliphatic carbocycles. The first kappa shape index (κ1) is 25.6. The first-order chi connectivity index (χ1) is 17.2. The number of halogens is 4. The highest BCUT2D eigenvalue weighted by Crippen LogP contribution is 2.33. The Balaban J connectivity index is 1.53. The molecule has 2 aromatic carbocycles. The predicted octanol–water partition coefficient (Wildman–Crippen LogP) is 4.66. The molecule has 1 fully saturated rings. The number of nitrogens with one attached hydrogen (secondary N) is 2. The summed E-state index contributed by atoms with van der Waals surface area (Å²) in [6.07, 6.45) is -1.99. The third kappa shape index (κ3) is 6.57. The van der Waals surface area contributed by atoms with Gasteiger partial charge in [0, 0.05) is 11.9 Å². The van der Waals surface area contributed by atoms with Crippen LogP contribution >= 0.6 is 0 Å². The molecule has 2 heterocycles. The van der Waals surface area contributed by atoms with Gasteiger partial charge in [-0.15, -0.1) is 0 Å². The summed E-state index contributed by atoms with van der Waals surface area (Å²) in [6, 6.07) is 11.5. The minimum Gasteiger partial charge on any atom is -0.369 e. The third-order valence-corrected chi connectivity index (χ3v) is 6.31. The quantitative estimate of drug-likeness (QED) is 0.391. The minimum atomic E-state index is -4.65. The standard InChI is InChI=1S/C26H27F4N5O/c27-20-5-1-19(14-24(31)36)18(13-20)4-8-23-22(26(28,29)30)15-33-25(35-23)34-21-6-2-16(3-7-21)17-9-11-32-12-10-17/h1-3,5-7,13,15,17,32H,4,8-12,14H2,(H2,31,36)(H,33,34,35). The second-order valence-electron chi connectivity index (χ2n) is 8.88. The van der Waals surface area contributed by atoms with Crippen LogP contribution < -0.4 is 16.4 Å². The molecule has 36 heavy (non-hydrogen) atoms. The van der Waals surface area contributed by atoms with Gasteiger partial charge in [-0.3, -0.25) is 4.79 Å². The van der Waals surface area contributed by atoms with E-state index in [0.717, 1.165) is 32.1 Å². The molecule has 10 heteroatoms. The monoisotopic (exact) mass is 501 g/mol. The van der Waals surface area contributed by atoms with E-state index in [2.05, 4.69) is 20.6 Å². The zero-order chi connectivity index (χ0) is 25.7. The number of nitrogens with two attached hydrogens (primary N) is 1. The second kappa shape index (κ2) is 11.0. The first-order valence-electron chi connectivity index (χ1n) is 11.8. The number of hydrogen-bond donors (Lipinski definition) is 3. The second-order valence-corrected chi connectivity index (χ2v) is 8.88. The SMILES string of the molecule is NC(=O)Cc1ccc(F)cc1CCc1nc(Nc2ccc(C3CCNCC3)cc2)ncc1C(F)(F)F. The van der Waals surface area contributed by atoms with Gasteiger partial charge in [0.05, 0.1) is 17.7 Å². The molecule has 0 spiro atoms. The van der Waals surface area contributed by atoms with E-state index in [0.29, 0.717) is 22.7 Å². The molecule has 0 bridgehead atoms. The molecule has 1 aliphatic heterocycles. The number of hydrogen-bond acceptors (Lipinski definition) is 5. The van der Waals surface area contributed by atoms with Crippen LogP contribution in [-0.2, 0) is 30.2 Å². The number of alkyl halides is 3. The summed E-state index contributed by atoms with van der Waals surface area (Å²) in [7, 11) is 0. The highest BCUT2D eigenvalue weighted by Gasteiger charge is 2.35. The van der Waals surface area contributed by atoms with Crippen LogP contribution in [0.5, 0.6) is 0 Å². The van der Waals surface area contributed by atoms with Crippen molar-refractivity contribution in [1.82, 2.24) is 15.3 Å². The van der Waals surface area contributed by atoms with Crippen LogP contribution in [0.1, 0.15) is 46.7 Å². The number of nitrogens with zero attached hydrogens (tertiary/aromatic N) is 2. The van der Waals surface area contributed by atoms with Crippen molar-refractivity contribution in [2.75, 3.05) is 18.4 Å². The maximum Gasteiger partial charge on any atom is 0.419 e. The van der Waals surface area contributed by atoms with Gasteiger partial charge in [-0.05, 0) is 85.6 Å². The smallest absolute Gasteiger partial charge is 0.369 e. The number of benzene rings is 2. The third-order valence-electron chi connectivity index (χ3n) is 6.31. The predicted molar refractivity (Wildman–Crippen MR) is 128 cm³/mol. The van der Waals surface area contributed by atoms with E-state index in [4.69, 9.17) is 5.73 Å². The van der Waals surface area contributed by atoms with Crippen LogP contribution in [0.15, 0.2) is 48.7 Å². The number of primary amides is 1. The van der Waals surface area contributed by atoms with E-state index in [1.165, 1.54) is 23.8 Å². The van der Waals surface area contributed by atoms with Gasteiger partial charge < -0.3 is 16.4 Å². The molecule has 1 aromatic heterocycles. The lowest BCUT2D eigenvalue weighted by Gasteiger charge is -2.23. The summed E-state index contributed by atoms with van der Waals surface area (Å²) in [6.45, 7) is 1.96. The van der Waals surface area contributed by atoms with Crippen molar-refractivity contribution in [2.45, 2.75) is 44.2 Å².